The van der Waals surface area contributed by atoms with E-state index in [0.717, 1.165) is 56.5 Å². The summed E-state index contributed by atoms with van der Waals surface area (Å²) in [6.07, 6.45) is 5.53. The molecule has 0 heterocycles. The van der Waals surface area contributed by atoms with E-state index >= 15 is 0 Å². The second-order valence-electron chi connectivity index (χ2n) is 7.17. The van der Waals surface area contributed by atoms with Crippen LogP contribution in [0, 0.1) is 5.82 Å². The third-order valence-electron chi connectivity index (χ3n) is 5.09. The molecular formula is C24H24BrFO3S. The van der Waals surface area contributed by atoms with Gasteiger partial charge in [0.25, 0.3) is 0 Å². The molecule has 0 spiro atoms. The topological polar surface area (TPSA) is 49.4 Å². The van der Waals surface area contributed by atoms with Gasteiger partial charge >= 0.3 is 5.97 Å². The predicted octanol–water partition coefficient (Wildman–Crippen LogP) is 6.00. The van der Waals surface area contributed by atoms with Crippen LogP contribution < -0.4 is 0 Å². The van der Waals surface area contributed by atoms with Crippen molar-refractivity contribution in [1.29, 1.82) is 0 Å². The third kappa shape index (κ3) is 5.42. The molecule has 0 aromatic heterocycles. The Morgan fingerprint density at radius 3 is 2.57 bits per heavy atom. The molecule has 0 saturated carbocycles. The van der Waals surface area contributed by atoms with Gasteiger partial charge < -0.3 is 9.29 Å². The summed E-state index contributed by atoms with van der Waals surface area (Å²) in [7, 11) is 0. The largest absolute Gasteiger partial charge is 0.612 e. The minimum absolute atomic E-state index is 0.113. The zero-order valence-electron chi connectivity index (χ0n) is 17.0. The number of unbranched alkanes of at least 4 members (excludes halogenated alkanes) is 1. The Hall–Kier alpha value is -1.89. The van der Waals surface area contributed by atoms with E-state index < -0.39 is 11.2 Å². The average molecular weight is 491 g/mol. The van der Waals surface area contributed by atoms with Gasteiger partial charge in [-0.05, 0) is 107 Å². The smallest absolute Gasteiger partial charge is 0.310 e. The van der Waals surface area contributed by atoms with Crippen LogP contribution in [0.1, 0.15) is 42.9 Å². The highest BCUT2D eigenvalue weighted by atomic mass is 79.9. The van der Waals surface area contributed by atoms with Gasteiger partial charge in [0.1, 0.15) is 12.1 Å². The number of carbonyl (C=O) groups excluding carboxylic acids is 1. The lowest BCUT2D eigenvalue weighted by Crippen LogP contribution is -2.07. The first-order valence-electron chi connectivity index (χ1n) is 9.78. The van der Waals surface area contributed by atoms with Crippen LogP contribution in [0.5, 0.6) is 0 Å². The number of carbonyl (C=O) groups is 1. The van der Waals surface area contributed by atoms with E-state index in [4.69, 9.17) is 4.74 Å². The van der Waals surface area contributed by atoms with Gasteiger partial charge in [-0.25, -0.2) is 4.39 Å². The quantitative estimate of drug-likeness (QED) is 0.197. The second kappa shape index (κ2) is 10.4. The number of benzene rings is 2. The number of rotatable bonds is 8. The molecule has 1 aliphatic rings. The number of ether oxygens (including phenoxy) is 1. The highest BCUT2D eigenvalue weighted by Gasteiger charge is 2.26. The summed E-state index contributed by atoms with van der Waals surface area (Å²) in [5.41, 5.74) is 5.29. The van der Waals surface area contributed by atoms with Gasteiger partial charge in [-0.15, -0.1) is 0 Å². The molecule has 1 aliphatic carbocycles. The molecule has 3 rings (SSSR count). The van der Waals surface area contributed by atoms with Crippen LogP contribution in [0.2, 0.25) is 0 Å². The van der Waals surface area contributed by atoms with E-state index in [1.165, 1.54) is 12.1 Å². The molecule has 158 valence electrons. The molecule has 0 aliphatic heterocycles. The number of alkyl halides is 1. The van der Waals surface area contributed by atoms with Crippen molar-refractivity contribution in [2.24, 2.45) is 0 Å². The lowest BCUT2D eigenvalue weighted by Gasteiger charge is -2.07. The number of halogens is 2. The van der Waals surface area contributed by atoms with Gasteiger partial charge in [0.2, 0.25) is 0 Å². The molecule has 2 aromatic carbocycles. The maximum atomic E-state index is 14.0. The van der Waals surface area contributed by atoms with Crippen LogP contribution >= 0.6 is 15.9 Å². The van der Waals surface area contributed by atoms with Crippen molar-refractivity contribution in [3.8, 4) is 0 Å². The summed E-state index contributed by atoms with van der Waals surface area (Å²) in [4.78, 5) is 13.1. The molecule has 0 amide bonds. The summed E-state index contributed by atoms with van der Waals surface area (Å²) in [6, 6.07) is 12.2. The van der Waals surface area contributed by atoms with Crippen molar-refractivity contribution < 1.29 is 18.5 Å². The Bertz CT molecular complexity index is 980. The van der Waals surface area contributed by atoms with Crippen molar-refractivity contribution in [2.45, 2.75) is 31.1 Å². The van der Waals surface area contributed by atoms with Crippen molar-refractivity contribution in [2.75, 3.05) is 18.2 Å². The Morgan fingerprint density at radius 1 is 1.17 bits per heavy atom. The van der Waals surface area contributed by atoms with Gasteiger partial charge in [-0.2, -0.15) is 0 Å². The average Bonchev–Trinajstić information content (AvgIpc) is 2.97. The predicted molar refractivity (Wildman–Crippen MR) is 124 cm³/mol. The van der Waals surface area contributed by atoms with E-state index in [-0.39, 0.29) is 18.2 Å². The maximum absolute atomic E-state index is 14.0. The van der Waals surface area contributed by atoms with E-state index in [1.54, 1.807) is 12.3 Å². The third-order valence-corrected chi connectivity index (χ3v) is 6.59. The van der Waals surface area contributed by atoms with Crippen LogP contribution in [0.3, 0.4) is 0 Å². The molecule has 0 saturated heterocycles. The van der Waals surface area contributed by atoms with Crippen molar-refractivity contribution >= 4 is 50.3 Å². The second-order valence-corrected chi connectivity index (χ2v) is 9.34. The Kier molecular flexibility index (Phi) is 7.92. The molecule has 0 radical (unpaired) electrons. The monoisotopic (exact) mass is 490 g/mol. The number of allylic oxidation sites excluding steroid dienone is 2. The molecule has 1 atom stereocenters. The van der Waals surface area contributed by atoms with Crippen LogP contribution in [-0.4, -0.2) is 28.7 Å². The summed E-state index contributed by atoms with van der Waals surface area (Å²) < 4.78 is 30.9. The Morgan fingerprint density at radius 2 is 1.90 bits per heavy atom. The van der Waals surface area contributed by atoms with E-state index in [2.05, 4.69) is 15.9 Å². The summed E-state index contributed by atoms with van der Waals surface area (Å²) in [6.45, 7) is 2.34. The number of esters is 1. The summed E-state index contributed by atoms with van der Waals surface area (Å²) in [5, 5.41) is 0.880. The maximum Gasteiger partial charge on any atom is 0.310 e. The molecule has 0 N–H and O–H groups in total. The van der Waals surface area contributed by atoms with Gasteiger partial charge in [0, 0.05) is 5.33 Å². The first-order chi connectivity index (χ1) is 14.4. The van der Waals surface area contributed by atoms with Gasteiger partial charge in [0.15, 0.2) is 4.90 Å². The lowest BCUT2D eigenvalue weighted by atomic mass is 10.0. The molecule has 6 heteroatoms. The SMILES string of the molecule is CC1=C(CC(=O)OCCCCBr)c2cc(F)ccc2C1=Cc1ccc([S+](C)[O-])cc1. The van der Waals surface area contributed by atoms with Crippen LogP contribution in [-0.2, 0) is 20.7 Å². The van der Waals surface area contributed by atoms with Gasteiger partial charge in [-0.3, -0.25) is 4.79 Å². The standard InChI is InChI=1S/C24H24BrFO3S/c1-16-21(13-17-5-8-19(9-6-17)30(2)28)20-10-7-18(26)14-23(20)22(16)15-24(27)29-12-4-3-11-25/h5-10,13-14H,3-4,11-12,15H2,1-2H3. The van der Waals surface area contributed by atoms with Gasteiger partial charge in [0.05, 0.1) is 13.0 Å². The number of hydrogen-bond donors (Lipinski definition) is 0. The zero-order valence-corrected chi connectivity index (χ0v) is 19.4. The lowest BCUT2D eigenvalue weighted by molar-refractivity contribution is -0.142. The minimum Gasteiger partial charge on any atom is -0.612 e. The summed E-state index contributed by atoms with van der Waals surface area (Å²) >= 11 is 2.33. The molecule has 3 nitrogen and oxygen atoms in total. The van der Waals surface area contributed by atoms with Crippen molar-refractivity contribution in [1.82, 2.24) is 0 Å². The van der Waals surface area contributed by atoms with Crippen LogP contribution in [0.25, 0.3) is 17.2 Å². The van der Waals surface area contributed by atoms with Crippen molar-refractivity contribution in [3.63, 3.8) is 0 Å². The highest BCUT2D eigenvalue weighted by molar-refractivity contribution is 9.09. The molecule has 30 heavy (non-hydrogen) atoms. The number of fused-ring (bicyclic) bond motifs is 1. The zero-order chi connectivity index (χ0) is 21.7. The molecule has 2 aromatic rings. The van der Waals surface area contributed by atoms with Crippen molar-refractivity contribution in [3.05, 3.63) is 70.5 Å². The fourth-order valence-electron chi connectivity index (χ4n) is 3.48. The van der Waals surface area contributed by atoms with Gasteiger partial charge in [-0.1, -0.05) is 22.0 Å². The normalized spacial score (nSPS) is 15.4. The molecule has 0 bridgehead atoms. The van der Waals surface area contributed by atoms with E-state index in [0.29, 0.717) is 6.61 Å². The molecular weight excluding hydrogens is 467 g/mol. The Balaban J connectivity index is 1.89. The Labute approximate surface area is 188 Å². The van der Waals surface area contributed by atoms with E-state index in [1.807, 2.05) is 37.3 Å². The summed E-state index contributed by atoms with van der Waals surface area (Å²) in [5.74, 6) is -0.633. The van der Waals surface area contributed by atoms with Crippen LogP contribution in [0.15, 0.2) is 52.9 Å². The highest BCUT2D eigenvalue weighted by Crippen LogP contribution is 2.44. The minimum atomic E-state index is -1.03. The fraction of sp³-hybridized carbons (Fsp3) is 0.292. The fourth-order valence-corrected chi connectivity index (χ4v) is 4.40. The molecule has 0 fully saturated rings. The van der Waals surface area contributed by atoms with Crippen LogP contribution in [0.4, 0.5) is 4.39 Å². The first kappa shape index (κ1) is 22.8. The first-order valence-corrected chi connectivity index (χ1v) is 12.5. The van der Waals surface area contributed by atoms with E-state index in [9.17, 15) is 13.7 Å². The molecule has 1 unspecified atom stereocenters. The number of hydrogen-bond acceptors (Lipinski definition) is 3.